The summed E-state index contributed by atoms with van der Waals surface area (Å²) in [6.07, 6.45) is 6.68. The molecule has 3 rings (SSSR count). The van der Waals surface area contributed by atoms with Crippen molar-refractivity contribution in [2.24, 2.45) is 0 Å². The quantitative estimate of drug-likeness (QED) is 0.791. The van der Waals surface area contributed by atoms with Gasteiger partial charge in [0.15, 0.2) is 5.82 Å². The zero-order valence-electron chi connectivity index (χ0n) is 11.2. The SMILES string of the molecule is O=C(Cc1cnccn1)Nc1ccn(-c2ccccc2)n1. The van der Waals surface area contributed by atoms with E-state index in [0.717, 1.165) is 5.69 Å². The van der Waals surface area contributed by atoms with Crippen LogP contribution in [0, 0.1) is 0 Å². The molecule has 104 valence electrons. The van der Waals surface area contributed by atoms with E-state index in [4.69, 9.17) is 0 Å². The summed E-state index contributed by atoms with van der Waals surface area (Å²) in [6.45, 7) is 0. The Hall–Kier alpha value is -3.02. The molecule has 0 bridgehead atoms. The number of hydrogen-bond acceptors (Lipinski definition) is 4. The summed E-state index contributed by atoms with van der Waals surface area (Å²) in [5, 5.41) is 7.05. The lowest BCUT2D eigenvalue weighted by atomic mass is 10.3. The van der Waals surface area contributed by atoms with Crippen LogP contribution in [-0.2, 0) is 11.2 Å². The standard InChI is InChI=1S/C15H13N5O/c21-15(10-12-11-16-7-8-17-12)18-14-6-9-20(19-14)13-4-2-1-3-5-13/h1-9,11H,10H2,(H,18,19,21). The van der Waals surface area contributed by atoms with Crippen LogP contribution >= 0.6 is 0 Å². The molecule has 0 unspecified atom stereocenters. The Morgan fingerprint density at radius 1 is 1.14 bits per heavy atom. The molecule has 0 spiro atoms. The molecule has 0 atom stereocenters. The van der Waals surface area contributed by atoms with Crippen LogP contribution in [0.2, 0.25) is 0 Å². The van der Waals surface area contributed by atoms with Crippen LogP contribution < -0.4 is 5.32 Å². The molecule has 21 heavy (non-hydrogen) atoms. The minimum Gasteiger partial charge on any atom is -0.309 e. The summed E-state index contributed by atoms with van der Waals surface area (Å²) >= 11 is 0. The van der Waals surface area contributed by atoms with Gasteiger partial charge in [0, 0.05) is 30.9 Å². The van der Waals surface area contributed by atoms with Gasteiger partial charge in [0.1, 0.15) is 0 Å². The van der Waals surface area contributed by atoms with Crippen LogP contribution in [-0.4, -0.2) is 25.7 Å². The van der Waals surface area contributed by atoms with E-state index in [2.05, 4.69) is 20.4 Å². The van der Waals surface area contributed by atoms with Crippen LogP contribution in [0.25, 0.3) is 5.69 Å². The molecule has 2 aromatic heterocycles. The molecule has 6 nitrogen and oxygen atoms in total. The number of para-hydroxylation sites is 1. The van der Waals surface area contributed by atoms with Crippen molar-refractivity contribution in [1.82, 2.24) is 19.7 Å². The van der Waals surface area contributed by atoms with E-state index in [1.165, 1.54) is 0 Å². The minimum atomic E-state index is -0.172. The zero-order valence-corrected chi connectivity index (χ0v) is 11.2. The first-order valence-electron chi connectivity index (χ1n) is 6.47. The van der Waals surface area contributed by atoms with Crippen molar-refractivity contribution in [2.75, 3.05) is 5.32 Å². The van der Waals surface area contributed by atoms with Crippen molar-refractivity contribution in [3.8, 4) is 5.69 Å². The van der Waals surface area contributed by atoms with Crippen LogP contribution in [0.15, 0.2) is 61.2 Å². The average Bonchev–Trinajstić information content (AvgIpc) is 2.97. The number of carbonyl (C=O) groups is 1. The predicted octanol–water partition coefficient (Wildman–Crippen LogP) is 1.84. The van der Waals surface area contributed by atoms with Crippen molar-refractivity contribution in [2.45, 2.75) is 6.42 Å². The van der Waals surface area contributed by atoms with Crippen molar-refractivity contribution in [3.05, 3.63) is 66.9 Å². The fraction of sp³-hybridized carbons (Fsp3) is 0.0667. The molecule has 0 radical (unpaired) electrons. The van der Waals surface area contributed by atoms with E-state index in [1.807, 2.05) is 30.3 Å². The molecule has 0 saturated carbocycles. The average molecular weight is 279 g/mol. The van der Waals surface area contributed by atoms with Crippen molar-refractivity contribution in [3.63, 3.8) is 0 Å². The van der Waals surface area contributed by atoms with Gasteiger partial charge in [-0.2, -0.15) is 5.10 Å². The number of carbonyl (C=O) groups excluding carboxylic acids is 1. The van der Waals surface area contributed by atoms with Crippen LogP contribution in [0.3, 0.4) is 0 Å². The highest BCUT2D eigenvalue weighted by Gasteiger charge is 2.07. The van der Waals surface area contributed by atoms with Gasteiger partial charge < -0.3 is 5.32 Å². The summed E-state index contributed by atoms with van der Waals surface area (Å²) in [6, 6.07) is 11.4. The summed E-state index contributed by atoms with van der Waals surface area (Å²) in [4.78, 5) is 19.9. The lowest BCUT2D eigenvalue weighted by molar-refractivity contribution is -0.115. The lowest BCUT2D eigenvalue weighted by Gasteiger charge is -2.02. The number of rotatable bonds is 4. The van der Waals surface area contributed by atoms with E-state index < -0.39 is 0 Å². The van der Waals surface area contributed by atoms with Crippen molar-refractivity contribution < 1.29 is 4.79 Å². The highest BCUT2D eigenvalue weighted by molar-refractivity contribution is 5.91. The molecule has 3 aromatic rings. The van der Waals surface area contributed by atoms with Crippen molar-refractivity contribution >= 4 is 11.7 Å². The van der Waals surface area contributed by atoms with Gasteiger partial charge in [0.2, 0.25) is 5.91 Å². The van der Waals surface area contributed by atoms with E-state index in [1.54, 1.807) is 35.5 Å². The summed E-state index contributed by atoms with van der Waals surface area (Å²) < 4.78 is 1.71. The number of benzene rings is 1. The first kappa shape index (κ1) is 13.0. The van der Waals surface area contributed by atoms with Gasteiger partial charge in [-0.15, -0.1) is 0 Å². The minimum absolute atomic E-state index is 0.172. The molecular weight excluding hydrogens is 266 g/mol. The molecule has 2 heterocycles. The predicted molar refractivity (Wildman–Crippen MR) is 77.9 cm³/mol. The third-order valence-corrected chi connectivity index (χ3v) is 2.84. The third-order valence-electron chi connectivity index (χ3n) is 2.84. The first-order valence-corrected chi connectivity index (χ1v) is 6.47. The molecular formula is C15H13N5O. The second-order valence-electron chi connectivity index (χ2n) is 4.40. The maximum atomic E-state index is 11.9. The Morgan fingerprint density at radius 2 is 2.00 bits per heavy atom. The Labute approximate surface area is 121 Å². The fourth-order valence-electron chi connectivity index (χ4n) is 1.89. The van der Waals surface area contributed by atoms with Gasteiger partial charge >= 0.3 is 0 Å². The molecule has 0 aliphatic rings. The lowest BCUT2D eigenvalue weighted by Crippen LogP contribution is -2.15. The Balaban J connectivity index is 1.66. The summed E-state index contributed by atoms with van der Waals surface area (Å²) in [5.41, 5.74) is 1.56. The molecule has 1 aromatic carbocycles. The smallest absolute Gasteiger partial charge is 0.231 e. The highest BCUT2D eigenvalue weighted by Crippen LogP contribution is 2.10. The van der Waals surface area contributed by atoms with Crippen LogP contribution in [0.4, 0.5) is 5.82 Å². The normalized spacial score (nSPS) is 10.3. The van der Waals surface area contributed by atoms with Crippen LogP contribution in [0.5, 0.6) is 0 Å². The van der Waals surface area contributed by atoms with Crippen LogP contribution in [0.1, 0.15) is 5.69 Å². The summed E-state index contributed by atoms with van der Waals surface area (Å²) in [7, 11) is 0. The molecule has 6 heteroatoms. The van der Waals surface area contributed by atoms with Gasteiger partial charge in [0.25, 0.3) is 0 Å². The van der Waals surface area contributed by atoms with E-state index >= 15 is 0 Å². The van der Waals surface area contributed by atoms with Gasteiger partial charge in [-0.25, -0.2) is 4.68 Å². The van der Waals surface area contributed by atoms with E-state index in [0.29, 0.717) is 11.5 Å². The Bertz CT molecular complexity index is 724. The van der Waals surface area contributed by atoms with E-state index in [-0.39, 0.29) is 12.3 Å². The molecule has 0 fully saturated rings. The molecule has 1 N–H and O–H groups in total. The number of amides is 1. The number of aromatic nitrogens is 4. The second-order valence-corrected chi connectivity index (χ2v) is 4.40. The number of hydrogen-bond donors (Lipinski definition) is 1. The summed E-state index contributed by atoms with van der Waals surface area (Å²) in [5.74, 6) is 0.335. The Morgan fingerprint density at radius 3 is 2.76 bits per heavy atom. The maximum Gasteiger partial charge on any atom is 0.231 e. The molecule has 0 aliphatic heterocycles. The fourth-order valence-corrected chi connectivity index (χ4v) is 1.89. The van der Waals surface area contributed by atoms with Gasteiger partial charge in [0.05, 0.1) is 17.8 Å². The largest absolute Gasteiger partial charge is 0.309 e. The highest BCUT2D eigenvalue weighted by atomic mass is 16.1. The number of nitrogens with zero attached hydrogens (tertiary/aromatic N) is 4. The Kier molecular flexibility index (Phi) is 3.68. The zero-order chi connectivity index (χ0) is 14.5. The first-order chi connectivity index (χ1) is 10.3. The number of nitrogens with one attached hydrogen (secondary N) is 1. The second kappa shape index (κ2) is 5.96. The molecule has 1 amide bonds. The van der Waals surface area contributed by atoms with Gasteiger partial charge in [-0.05, 0) is 12.1 Å². The maximum absolute atomic E-state index is 11.9. The topological polar surface area (TPSA) is 72.7 Å². The van der Waals surface area contributed by atoms with Gasteiger partial charge in [-0.1, -0.05) is 18.2 Å². The monoisotopic (exact) mass is 279 g/mol. The van der Waals surface area contributed by atoms with Crippen molar-refractivity contribution in [1.29, 1.82) is 0 Å². The number of anilines is 1. The third kappa shape index (κ3) is 3.30. The molecule has 0 aliphatic carbocycles. The van der Waals surface area contributed by atoms with E-state index in [9.17, 15) is 4.79 Å². The van der Waals surface area contributed by atoms with Gasteiger partial charge in [-0.3, -0.25) is 14.8 Å². The molecule has 0 saturated heterocycles.